The number of hydrogen-bond donors (Lipinski definition) is 2. The molecule has 82 valence electrons. The van der Waals surface area contributed by atoms with Crippen molar-refractivity contribution in [1.82, 2.24) is 0 Å². The van der Waals surface area contributed by atoms with E-state index >= 15 is 0 Å². The molecule has 0 spiro atoms. The first-order valence-corrected chi connectivity index (χ1v) is 5.40. The van der Waals surface area contributed by atoms with Crippen LogP contribution in [-0.2, 0) is 0 Å². The first-order chi connectivity index (χ1) is 7.11. The molecule has 0 bridgehead atoms. The van der Waals surface area contributed by atoms with Gasteiger partial charge in [-0.05, 0) is 24.6 Å². The van der Waals surface area contributed by atoms with Crippen LogP contribution < -0.4 is 11.1 Å². The van der Waals surface area contributed by atoms with Gasteiger partial charge in [-0.15, -0.1) is 0 Å². The van der Waals surface area contributed by atoms with E-state index in [9.17, 15) is 0 Å². The Morgan fingerprint density at radius 1 is 1.33 bits per heavy atom. The molecular weight excluding hydrogens is 233 g/mol. The van der Waals surface area contributed by atoms with E-state index in [1.807, 2.05) is 6.92 Å². The SMILES string of the molecule is CCCN=C(N)Nc1cc(Cl)cc(Cl)c1. The van der Waals surface area contributed by atoms with Crippen molar-refractivity contribution in [3.8, 4) is 0 Å². The first-order valence-electron chi connectivity index (χ1n) is 4.65. The summed E-state index contributed by atoms with van der Waals surface area (Å²) in [4.78, 5) is 4.09. The molecule has 0 heterocycles. The fourth-order valence-corrected chi connectivity index (χ4v) is 1.57. The summed E-state index contributed by atoms with van der Waals surface area (Å²) in [6, 6.07) is 5.14. The standard InChI is InChI=1S/C10H13Cl2N3/c1-2-3-14-10(13)15-9-5-7(11)4-8(12)6-9/h4-6H,2-3H2,1H3,(H3,13,14,15). The largest absolute Gasteiger partial charge is 0.370 e. The van der Waals surface area contributed by atoms with Crippen molar-refractivity contribution in [1.29, 1.82) is 0 Å². The minimum absolute atomic E-state index is 0.371. The molecule has 3 N–H and O–H groups in total. The maximum atomic E-state index is 5.83. The molecule has 0 fully saturated rings. The van der Waals surface area contributed by atoms with Crippen molar-refractivity contribution in [3.63, 3.8) is 0 Å². The van der Waals surface area contributed by atoms with E-state index in [0.29, 0.717) is 22.5 Å². The van der Waals surface area contributed by atoms with Crippen molar-refractivity contribution in [2.45, 2.75) is 13.3 Å². The molecule has 1 aromatic rings. The summed E-state index contributed by atoms with van der Waals surface area (Å²) in [5, 5.41) is 4.04. The summed E-state index contributed by atoms with van der Waals surface area (Å²) in [6.45, 7) is 2.74. The van der Waals surface area contributed by atoms with E-state index < -0.39 is 0 Å². The van der Waals surface area contributed by atoms with E-state index in [0.717, 1.165) is 12.1 Å². The summed E-state index contributed by atoms with van der Waals surface area (Å²) in [6.07, 6.45) is 0.957. The Labute approximate surface area is 99.3 Å². The van der Waals surface area contributed by atoms with Crippen molar-refractivity contribution in [2.24, 2.45) is 10.7 Å². The molecule has 1 aromatic carbocycles. The highest BCUT2D eigenvalue weighted by atomic mass is 35.5. The second kappa shape index (κ2) is 5.83. The first kappa shape index (κ1) is 12.1. The molecule has 0 saturated carbocycles. The molecular formula is C10H13Cl2N3. The van der Waals surface area contributed by atoms with Crippen molar-refractivity contribution in [2.75, 3.05) is 11.9 Å². The van der Waals surface area contributed by atoms with Gasteiger partial charge >= 0.3 is 0 Å². The summed E-state index contributed by atoms with van der Waals surface area (Å²) >= 11 is 11.7. The zero-order chi connectivity index (χ0) is 11.3. The van der Waals surface area contributed by atoms with Crippen LogP contribution in [0.2, 0.25) is 10.0 Å². The smallest absolute Gasteiger partial charge is 0.193 e. The van der Waals surface area contributed by atoms with Gasteiger partial charge in [0.1, 0.15) is 0 Å². The summed E-state index contributed by atoms with van der Waals surface area (Å²) in [5.74, 6) is 0.371. The fraction of sp³-hybridized carbons (Fsp3) is 0.300. The van der Waals surface area contributed by atoms with Crippen molar-refractivity contribution >= 4 is 34.8 Å². The average molecular weight is 246 g/mol. The Balaban J connectivity index is 2.72. The Morgan fingerprint density at radius 2 is 1.93 bits per heavy atom. The van der Waals surface area contributed by atoms with E-state index in [1.54, 1.807) is 18.2 Å². The number of guanidine groups is 1. The molecule has 0 aliphatic heterocycles. The third-order valence-electron chi connectivity index (χ3n) is 1.64. The Morgan fingerprint density at radius 3 is 2.47 bits per heavy atom. The summed E-state index contributed by atoms with van der Waals surface area (Å²) < 4.78 is 0. The minimum Gasteiger partial charge on any atom is -0.370 e. The molecule has 0 aliphatic carbocycles. The maximum Gasteiger partial charge on any atom is 0.193 e. The zero-order valence-corrected chi connectivity index (χ0v) is 9.94. The predicted octanol–water partition coefficient (Wildman–Crippen LogP) is 3.13. The molecule has 0 aromatic heterocycles. The van der Waals surface area contributed by atoms with Crippen LogP contribution in [0.3, 0.4) is 0 Å². The number of halogens is 2. The van der Waals surface area contributed by atoms with Gasteiger partial charge in [-0.1, -0.05) is 30.1 Å². The number of benzene rings is 1. The van der Waals surface area contributed by atoms with E-state index in [2.05, 4.69) is 10.3 Å². The lowest BCUT2D eigenvalue weighted by molar-refractivity contribution is 0.929. The molecule has 1 rings (SSSR count). The number of anilines is 1. The van der Waals surface area contributed by atoms with Crippen LogP contribution in [0.4, 0.5) is 5.69 Å². The van der Waals surface area contributed by atoms with Gasteiger partial charge in [-0.2, -0.15) is 0 Å². The van der Waals surface area contributed by atoms with Crippen molar-refractivity contribution in [3.05, 3.63) is 28.2 Å². The molecule has 0 atom stereocenters. The minimum atomic E-state index is 0.371. The number of hydrogen-bond acceptors (Lipinski definition) is 1. The third kappa shape index (κ3) is 4.40. The highest BCUT2D eigenvalue weighted by molar-refractivity contribution is 6.35. The van der Waals surface area contributed by atoms with Gasteiger partial charge in [-0.3, -0.25) is 4.99 Å². The van der Waals surface area contributed by atoms with Crippen LogP contribution in [0.15, 0.2) is 23.2 Å². The molecule has 0 amide bonds. The fourth-order valence-electron chi connectivity index (χ4n) is 1.05. The van der Waals surface area contributed by atoms with Gasteiger partial charge in [0.15, 0.2) is 5.96 Å². The topological polar surface area (TPSA) is 50.4 Å². The van der Waals surface area contributed by atoms with E-state index in [-0.39, 0.29) is 0 Å². The number of nitrogens with zero attached hydrogens (tertiary/aromatic N) is 1. The quantitative estimate of drug-likeness (QED) is 0.635. The lowest BCUT2D eigenvalue weighted by Crippen LogP contribution is -2.22. The number of rotatable bonds is 3. The van der Waals surface area contributed by atoms with Crippen LogP contribution in [0.1, 0.15) is 13.3 Å². The summed E-state index contributed by atoms with van der Waals surface area (Å²) in [7, 11) is 0. The van der Waals surface area contributed by atoms with Crippen LogP contribution >= 0.6 is 23.2 Å². The third-order valence-corrected chi connectivity index (χ3v) is 2.08. The van der Waals surface area contributed by atoms with Crippen LogP contribution in [-0.4, -0.2) is 12.5 Å². The van der Waals surface area contributed by atoms with Gasteiger partial charge < -0.3 is 11.1 Å². The highest BCUT2D eigenvalue weighted by Gasteiger charge is 1.98. The molecule has 0 saturated heterocycles. The van der Waals surface area contributed by atoms with Crippen LogP contribution in [0.5, 0.6) is 0 Å². The normalized spacial score (nSPS) is 11.5. The van der Waals surface area contributed by atoms with Gasteiger partial charge in [0.2, 0.25) is 0 Å². The summed E-state index contributed by atoms with van der Waals surface area (Å²) in [5.41, 5.74) is 6.39. The van der Waals surface area contributed by atoms with Gasteiger partial charge in [0.25, 0.3) is 0 Å². The van der Waals surface area contributed by atoms with Crippen molar-refractivity contribution < 1.29 is 0 Å². The molecule has 5 heteroatoms. The number of nitrogens with two attached hydrogens (primary N) is 1. The van der Waals surface area contributed by atoms with E-state index in [1.165, 1.54) is 0 Å². The molecule has 15 heavy (non-hydrogen) atoms. The van der Waals surface area contributed by atoms with E-state index in [4.69, 9.17) is 28.9 Å². The number of aliphatic imine (C=N–C) groups is 1. The lowest BCUT2D eigenvalue weighted by atomic mass is 10.3. The van der Waals surface area contributed by atoms with Gasteiger partial charge in [-0.25, -0.2) is 0 Å². The Hall–Kier alpha value is -0.930. The second-order valence-corrected chi connectivity index (χ2v) is 3.92. The average Bonchev–Trinajstić information content (AvgIpc) is 2.13. The zero-order valence-electron chi connectivity index (χ0n) is 8.43. The maximum absolute atomic E-state index is 5.83. The molecule has 0 aliphatic rings. The Kier molecular flexibility index (Phi) is 4.72. The number of nitrogens with one attached hydrogen (secondary N) is 1. The second-order valence-electron chi connectivity index (χ2n) is 3.05. The highest BCUT2D eigenvalue weighted by Crippen LogP contribution is 2.22. The molecule has 0 radical (unpaired) electrons. The van der Waals surface area contributed by atoms with Gasteiger partial charge in [0.05, 0.1) is 0 Å². The lowest BCUT2D eigenvalue weighted by Gasteiger charge is -2.06. The predicted molar refractivity (Wildman–Crippen MR) is 66.9 cm³/mol. The Bertz CT molecular complexity index is 343. The monoisotopic (exact) mass is 245 g/mol. The molecule has 0 unspecified atom stereocenters. The van der Waals surface area contributed by atoms with Crippen LogP contribution in [0.25, 0.3) is 0 Å². The molecule has 3 nitrogen and oxygen atoms in total. The van der Waals surface area contributed by atoms with Crippen LogP contribution in [0, 0.1) is 0 Å². The van der Waals surface area contributed by atoms with Gasteiger partial charge in [0, 0.05) is 22.3 Å².